The summed E-state index contributed by atoms with van der Waals surface area (Å²) in [4.78, 5) is 4.23. The van der Waals surface area contributed by atoms with Gasteiger partial charge in [0.05, 0.1) is 0 Å². The van der Waals surface area contributed by atoms with Crippen LogP contribution in [0, 0.1) is 6.92 Å². The monoisotopic (exact) mass is 230 g/mol. The summed E-state index contributed by atoms with van der Waals surface area (Å²) in [5.74, 6) is 0.375. The van der Waals surface area contributed by atoms with Crippen LogP contribution in [0.25, 0.3) is 0 Å². The standard InChI is InChI=1S/C13H18N4/c1-10-4-2-3-5-11(10)6-7-13(15)8-9-16-12(14)17-13/h2-5,8-9H,6-7,15H2,1H3,(H3,14,16,17). The molecule has 0 spiro atoms. The smallest absolute Gasteiger partial charge is 0.194 e. The summed E-state index contributed by atoms with van der Waals surface area (Å²) < 4.78 is 0. The van der Waals surface area contributed by atoms with E-state index >= 15 is 0 Å². The number of hydrogen-bond acceptors (Lipinski definition) is 4. The van der Waals surface area contributed by atoms with E-state index in [1.54, 1.807) is 6.20 Å². The van der Waals surface area contributed by atoms with Crippen molar-refractivity contribution in [1.82, 2.24) is 5.32 Å². The summed E-state index contributed by atoms with van der Waals surface area (Å²) in [6, 6.07) is 8.31. The molecule has 0 radical (unpaired) electrons. The molecule has 2 rings (SSSR count). The first-order valence-electron chi connectivity index (χ1n) is 5.72. The summed E-state index contributed by atoms with van der Waals surface area (Å²) in [5.41, 5.74) is 13.7. The molecule has 1 aliphatic heterocycles. The van der Waals surface area contributed by atoms with Crippen LogP contribution in [0.5, 0.6) is 0 Å². The van der Waals surface area contributed by atoms with Crippen molar-refractivity contribution in [1.29, 1.82) is 0 Å². The van der Waals surface area contributed by atoms with E-state index < -0.39 is 5.66 Å². The molecule has 0 bridgehead atoms. The fourth-order valence-electron chi connectivity index (χ4n) is 1.93. The SMILES string of the molecule is Cc1ccccc1CCC1(N)C=CNC(N)=N1. The average molecular weight is 230 g/mol. The van der Waals surface area contributed by atoms with Gasteiger partial charge in [-0.05, 0) is 37.0 Å². The maximum atomic E-state index is 6.15. The topological polar surface area (TPSA) is 76.4 Å². The molecule has 0 saturated heterocycles. The second kappa shape index (κ2) is 4.59. The minimum atomic E-state index is -0.683. The Hall–Kier alpha value is -1.81. The minimum Gasteiger partial charge on any atom is -0.370 e. The average Bonchev–Trinajstić information content (AvgIpc) is 2.28. The fraction of sp³-hybridized carbons (Fsp3) is 0.308. The molecule has 0 fully saturated rings. The van der Waals surface area contributed by atoms with Crippen LogP contribution in [0.4, 0.5) is 0 Å². The highest BCUT2D eigenvalue weighted by molar-refractivity contribution is 5.80. The maximum absolute atomic E-state index is 6.15. The van der Waals surface area contributed by atoms with Crippen molar-refractivity contribution in [2.75, 3.05) is 0 Å². The molecule has 1 aromatic carbocycles. The number of aliphatic imine (C=N–C) groups is 1. The van der Waals surface area contributed by atoms with Crippen LogP contribution in [-0.2, 0) is 6.42 Å². The van der Waals surface area contributed by atoms with E-state index in [1.807, 2.05) is 18.2 Å². The third kappa shape index (κ3) is 2.85. The van der Waals surface area contributed by atoms with Crippen molar-refractivity contribution in [3.8, 4) is 0 Å². The molecular formula is C13H18N4. The lowest BCUT2D eigenvalue weighted by Crippen LogP contribution is -2.44. The number of guanidine groups is 1. The van der Waals surface area contributed by atoms with Crippen LogP contribution in [-0.4, -0.2) is 11.6 Å². The highest BCUT2D eigenvalue weighted by Gasteiger charge is 2.23. The van der Waals surface area contributed by atoms with Gasteiger partial charge in [0.25, 0.3) is 0 Å². The zero-order valence-electron chi connectivity index (χ0n) is 9.98. The second-order valence-electron chi connectivity index (χ2n) is 4.39. The third-order valence-electron chi connectivity index (χ3n) is 2.99. The number of nitrogens with one attached hydrogen (secondary N) is 1. The van der Waals surface area contributed by atoms with Gasteiger partial charge in [-0.3, -0.25) is 0 Å². The molecule has 1 atom stereocenters. The van der Waals surface area contributed by atoms with Crippen molar-refractivity contribution < 1.29 is 0 Å². The molecule has 1 heterocycles. The van der Waals surface area contributed by atoms with Gasteiger partial charge >= 0.3 is 0 Å². The van der Waals surface area contributed by atoms with Crippen LogP contribution in [0.2, 0.25) is 0 Å². The highest BCUT2D eigenvalue weighted by Crippen LogP contribution is 2.18. The Morgan fingerprint density at radius 2 is 2.12 bits per heavy atom. The van der Waals surface area contributed by atoms with Gasteiger partial charge in [0.15, 0.2) is 5.96 Å². The van der Waals surface area contributed by atoms with Gasteiger partial charge in [-0.2, -0.15) is 0 Å². The normalized spacial score (nSPS) is 23.1. The van der Waals surface area contributed by atoms with Crippen LogP contribution in [0.15, 0.2) is 41.5 Å². The molecule has 4 heteroatoms. The molecular weight excluding hydrogens is 212 g/mol. The highest BCUT2D eigenvalue weighted by atomic mass is 15.2. The number of benzene rings is 1. The zero-order valence-corrected chi connectivity index (χ0v) is 9.98. The predicted molar refractivity (Wildman–Crippen MR) is 70.3 cm³/mol. The van der Waals surface area contributed by atoms with E-state index in [2.05, 4.69) is 29.4 Å². The van der Waals surface area contributed by atoms with Gasteiger partial charge in [-0.15, -0.1) is 0 Å². The number of aryl methyl sites for hydroxylation is 2. The van der Waals surface area contributed by atoms with Crippen molar-refractivity contribution in [3.63, 3.8) is 0 Å². The molecule has 1 aliphatic rings. The molecule has 0 amide bonds. The Bertz CT molecular complexity index is 464. The lowest BCUT2D eigenvalue weighted by molar-refractivity contribution is 0.500. The van der Waals surface area contributed by atoms with Gasteiger partial charge in [0.1, 0.15) is 5.66 Å². The maximum Gasteiger partial charge on any atom is 0.194 e. The van der Waals surface area contributed by atoms with Gasteiger partial charge in [-0.1, -0.05) is 24.3 Å². The first-order valence-corrected chi connectivity index (χ1v) is 5.72. The Morgan fingerprint density at radius 3 is 2.82 bits per heavy atom. The van der Waals surface area contributed by atoms with Gasteiger partial charge in [0, 0.05) is 6.20 Å². The molecule has 4 nitrogen and oxygen atoms in total. The van der Waals surface area contributed by atoms with Gasteiger partial charge in [0.2, 0.25) is 0 Å². The van der Waals surface area contributed by atoms with E-state index in [4.69, 9.17) is 11.5 Å². The number of nitrogens with zero attached hydrogens (tertiary/aromatic N) is 1. The summed E-state index contributed by atoms with van der Waals surface area (Å²) in [6.45, 7) is 2.11. The number of hydrogen-bond donors (Lipinski definition) is 3. The molecule has 1 aromatic rings. The van der Waals surface area contributed by atoms with E-state index in [-0.39, 0.29) is 0 Å². The summed E-state index contributed by atoms with van der Waals surface area (Å²) in [6.07, 6.45) is 5.24. The minimum absolute atomic E-state index is 0.375. The van der Waals surface area contributed by atoms with E-state index in [1.165, 1.54) is 11.1 Å². The zero-order chi connectivity index (χ0) is 12.3. The Kier molecular flexibility index (Phi) is 3.15. The number of rotatable bonds is 3. The molecule has 5 N–H and O–H groups in total. The van der Waals surface area contributed by atoms with Crippen LogP contribution >= 0.6 is 0 Å². The number of nitrogens with two attached hydrogens (primary N) is 2. The lowest BCUT2D eigenvalue weighted by Gasteiger charge is -2.25. The quantitative estimate of drug-likeness (QED) is 0.725. The molecule has 1 unspecified atom stereocenters. The van der Waals surface area contributed by atoms with E-state index in [0.717, 1.165) is 12.8 Å². The Balaban J connectivity index is 2.06. The van der Waals surface area contributed by atoms with Crippen molar-refractivity contribution in [3.05, 3.63) is 47.7 Å². The van der Waals surface area contributed by atoms with Crippen LogP contribution in [0.3, 0.4) is 0 Å². The first-order chi connectivity index (χ1) is 8.09. The van der Waals surface area contributed by atoms with Crippen molar-refractivity contribution in [2.24, 2.45) is 16.5 Å². The van der Waals surface area contributed by atoms with Crippen molar-refractivity contribution in [2.45, 2.75) is 25.4 Å². The van der Waals surface area contributed by atoms with Crippen LogP contribution in [0.1, 0.15) is 17.5 Å². The molecule has 0 aromatic heterocycles. The summed E-state index contributed by atoms with van der Waals surface area (Å²) >= 11 is 0. The first kappa shape index (κ1) is 11.7. The molecule has 90 valence electrons. The lowest BCUT2D eigenvalue weighted by atomic mass is 9.97. The molecule has 0 aliphatic carbocycles. The predicted octanol–water partition coefficient (Wildman–Crippen LogP) is 1.01. The van der Waals surface area contributed by atoms with Gasteiger partial charge in [-0.25, -0.2) is 4.99 Å². The summed E-state index contributed by atoms with van der Waals surface area (Å²) in [7, 11) is 0. The van der Waals surface area contributed by atoms with Gasteiger partial charge < -0.3 is 16.8 Å². The molecule has 0 saturated carbocycles. The molecule has 17 heavy (non-hydrogen) atoms. The summed E-state index contributed by atoms with van der Waals surface area (Å²) in [5, 5.41) is 2.81. The Labute approximate surface area is 101 Å². The van der Waals surface area contributed by atoms with Crippen molar-refractivity contribution >= 4 is 5.96 Å². The second-order valence-corrected chi connectivity index (χ2v) is 4.39. The largest absolute Gasteiger partial charge is 0.370 e. The van der Waals surface area contributed by atoms with E-state index in [9.17, 15) is 0 Å². The van der Waals surface area contributed by atoms with Crippen LogP contribution < -0.4 is 16.8 Å². The third-order valence-corrected chi connectivity index (χ3v) is 2.99. The van der Waals surface area contributed by atoms with E-state index in [0.29, 0.717) is 5.96 Å². The fourth-order valence-corrected chi connectivity index (χ4v) is 1.93. The Morgan fingerprint density at radius 1 is 1.35 bits per heavy atom.